The highest BCUT2D eigenvalue weighted by atomic mass is 16.5. The standard InChI is InChI=1S/C16H22O2/c1-2-6-16(17)18-15-11-9-14(10-12-15)13-7-4-3-5-8-13/h3-5,7-8,14-15H,2,6,9-12H2,1H3. The van der Waals surface area contributed by atoms with E-state index in [9.17, 15) is 4.79 Å². The molecule has 0 bridgehead atoms. The Morgan fingerprint density at radius 3 is 2.44 bits per heavy atom. The lowest BCUT2D eigenvalue weighted by Crippen LogP contribution is -2.23. The van der Waals surface area contributed by atoms with Gasteiger partial charge in [-0.25, -0.2) is 0 Å². The van der Waals surface area contributed by atoms with Gasteiger partial charge in [0.05, 0.1) is 0 Å². The summed E-state index contributed by atoms with van der Waals surface area (Å²) in [6, 6.07) is 10.7. The van der Waals surface area contributed by atoms with Crippen molar-refractivity contribution in [2.75, 3.05) is 0 Å². The Kier molecular flexibility index (Phi) is 4.80. The number of hydrogen-bond donors (Lipinski definition) is 0. The molecule has 1 aromatic rings. The maximum Gasteiger partial charge on any atom is 0.306 e. The Morgan fingerprint density at radius 1 is 1.17 bits per heavy atom. The monoisotopic (exact) mass is 246 g/mol. The largest absolute Gasteiger partial charge is 0.462 e. The molecule has 2 heteroatoms. The SMILES string of the molecule is CCCC(=O)OC1CCC(c2ccccc2)CC1. The zero-order valence-electron chi connectivity index (χ0n) is 11.1. The highest BCUT2D eigenvalue weighted by molar-refractivity contribution is 5.69. The van der Waals surface area contributed by atoms with E-state index in [0.29, 0.717) is 12.3 Å². The first-order valence-corrected chi connectivity index (χ1v) is 7.04. The van der Waals surface area contributed by atoms with Crippen molar-refractivity contribution in [3.05, 3.63) is 35.9 Å². The Bertz CT molecular complexity index is 364. The van der Waals surface area contributed by atoms with Crippen LogP contribution in [0.1, 0.15) is 56.9 Å². The quantitative estimate of drug-likeness (QED) is 0.749. The molecule has 0 N–H and O–H groups in total. The summed E-state index contributed by atoms with van der Waals surface area (Å²) in [5.41, 5.74) is 1.43. The van der Waals surface area contributed by atoms with Crippen LogP contribution in [0.4, 0.5) is 0 Å². The summed E-state index contributed by atoms with van der Waals surface area (Å²) in [6.07, 6.45) is 5.87. The fraction of sp³-hybridized carbons (Fsp3) is 0.562. The zero-order chi connectivity index (χ0) is 12.8. The second kappa shape index (κ2) is 6.58. The Morgan fingerprint density at radius 2 is 1.83 bits per heavy atom. The summed E-state index contributed by atoms with van der Waals surface area (Å²) in [6.45, 7) is 2.01. The molecule has 0 unspecified atom stereocenters. The molecule has 1 aliphatic rings. The van der Waals surface area contributed by atoms with Gasteiger partial charge in [-0.1, -0.05) is 37.3 Å². The molecule has 18 heavy (non-hydrogen) atoms. The third kappa shape index (κ3) is 3.59. The van der Waals surface area contributed by atoms with Crippen molar-refractivity contribution in [1.29, 1.82) is 0 Å². The van der Waals surface area contributed by atoms with Crippen molar-refractivity contribution in [1.82, 2.24) is 0 Å². The Hall–Kier alpha value is -1.31. The van der Waals surface area contributed by atoms with Crippen molar-refractivity contribution in [2.45, 2.75) is 57.5 Å². The van der Waals surface area contributed by atoms with Crippen LogP contribution in [0.25, 0.3) is 0 Å². The van der Waals surface area contributed by atoms with Crippen LogP contribution in [-0.2, 0) is 9.53 Å². The summed E-state index contributed by atoms with van der Waals surface area (Å²) in [5.74, 6) is 0.619. The van der Waals surface area contributed by atoms with Crippen LogP contribution in [0, 0.1) is 0 Å². The fourth-order valence-electron chi connectivity index (χ4n) is 2.69. The summed E-state index contributed by atoms with van der Waals surface area (Å²) in [5, 5.41) is 0. The Balaban J connectivity index is 1.80. The molecule has 1 aliphatic carbocycles. The van der Waals surface area contributed by atoms with Crippen LogP contribution in [0.2, 0.25) is 0 Å². The second-order valence-electron chi connectivity index (χ2n) is 5.12. The highest BCUT2D eigenvalue weighted by Gasteiger charge is 2.24. The first-order valence-electron chi connectivity index (χ1n) is 7.04. The molecule has 0 amide bonds. The molecule has 98 valence electrons. The van der Waals surface area contributed by atoms with E-state index in [1.807, 2.05) is 6.92 Å². The van der Waals surface area contributed by atoms with Gasteiger partial charge in [-0.15, -0.1) is 0 Å². The van der Waals surface area contributed by atoms with Crippen molar-refractivity contribution in [2.24, 2.45) is 0 Å². The topological polar surface area (TPSA) is 26.3 Å². The van der Waals surface area contributed by atoms with Crippen LogP contribution < -0.4 is 0 Å². The minimum absolute atomic E-state index is 0.0272. The number of ether oxygens (including phenoxy) is 1. The lowest BCUT2D eigenvalue weighted by atomic mass is 9.83. The molecule has 0 atom stereocenters. The van der Waals surface area contributed by atoms with Crippen molar-refractivity contribution in [3.8, 4) is 0 Å². The van der Waals surface area contributed by atoms with Gasteiger partial charge < -0.3 is 4.74 Å². The lowest BCUT2D eigenvalue weighted by molar-refractivity contribution is -0.150. The molecule has 0 saturated heterocycles. The lowest BCUT2D eigenvalue weighted by Gasteiger charge is -2.28. The van der Waals surface area contributed by atoms with Gasteiger partial charge in [-0.3, -0.25) is 4.79 Å². The van der Waals surface area contributed by atoms with Gasteiger partial charge in [0.25, 0.3) is 0 Å². The molecule has 2 rings (SSSR count). The van der Waals surface area contributed by atoms with Gasteiger partial charge in [0.15, 0.2) is 0 Å². The van der Waals surface area contributed by atoms with Crippen molar-refractivity contribution in [3.63, 3.8) is 0 Å². The third-order valence-electron chi connectivity index (χ3n) is 3.70. The smallest absolute Gasteiger partial charge is 0.306 e. The van der Waals surface area contributed by atoms with E-state index in [-0.39, 0.29) is 12.1 Å². The average molecular weight is 246 g/mol. The summed E-state index contributed by atoms with van der Waals surface area (Å²) in [4.78, 5) is 11.4. The van der Waals surface area contributed by atoms with E-state index >= 15 is 0 Å². The highest BCUT2D eigenvalue weighted by Crippen LogP contribution is 2.33. The van der Waals surface area contributed by atoms with Gasteiger partial charge in [-0.05, 0) is 43.6 Å². The molecule has 1 aromatic carbocycles. The molecule has 0 aliphatic heterocycles. The first-order chi connectivity index (χ1) is 8.79. The molecule has 0 radical (unpaired) electrons. The first kappa shape index (κ1) is 13.1. The van der Waals surface area contributed by atoms with E-state index in [0.717, 1.165) is 32.1 Å². The van der Waals surface area contributed by atoms with Crippen LogP contribution in [0.5, 0.6) is 0 Å². The molecule has 0 spiro atoms. The predicted molar refractivity (Wildman–Crippen MR) is 72.4 cm³/mol. The molecular formula is C16H22O2. The van der Waals surface area contributed by atoms with E-state index in [1.54, 1.807) is 0 Å². The van der Waals surface area contributed by atoms with Crippen LogP contribution in [0.3, 0.4) is 0 Å². The maximum absolute atomic E-state index is 11.4. The second-order valence-corrected chi connectivity index (χ2v) is 5.12. The number of carbonyl (C=O) groups excluding carboxylic acids is 1. The van der Waals surface area contributed by atoms with Gasteiger partial charge in [0, 0.05) is 6.42 Å². The average Bonchev–Trinajstić information content (AvgIpc) is 2.41. The van der Waals surface area contributed by atoms with Crippen LogP contribution in [-0.4, -0.2) is 12.1 Å². The van der Waals surface area contributed by atoms with Crippen LogP contribution in [0.15, 0.2) is 30.3 Å². The molecular weight excluding hydrogens is 224 g/mol. The van der Waals surface area contributed by atoms with Gasteiger partial charge in [0.1, 0.15) is 6.10 Å². The maximum atomic E-state index is 11.4. The minimum Gasteiger partial charge on any atom is -0.462 e. The summed E-state index contributed by atoms with van der Waals surface area (Å²) < 4.78 is 5.48. The number of benzene rings is 1. The summed E-state index contributed by atoms with van der Waals surface area (Å²) >= 11 is 0. The fourth-order valence-corrected chi connectivity index (χ4v) is 2.69. The van der Waals surface area contributed by atoms with E-state index in [1.165, 1.54) is 5.56 Å². The normalized spacial score (nSPS) is 23.6. The number of carbonyl (C=O) groups is 1. The van der Waals surface area contributed by atoms with Crippen molar-refractivity contribution < 1.29 is 9.53 Å². The predicted octanol–water partition coefficient (Wildman–Crippen LogP) is 4.06. The Labute approximate surface area is 109 Å². The minimum atomic E-state index is -0.0272. The number of hydrogen-bond acceptors (Lipinski definition) is 2. The molecule has 2 nitrogen and oxygen atoms in total. The van der Waals surface area contributed by atoms with E-state index in [4.69, 9.17) is 4.74 Å². The van der Waals surface area contributed by atoms with Crippen molar-refractivity contribution >= 4 is 5.97 Å². The van der Waals surface area contributed by atoms with Crippen LogP contribution >= 0.6 is 0 Å². The summed E-state index contributed by atoms with van der Waals surface area (Å²) in [7, 11) is 0. The number of esters is 1. The zero-order valence-corrected chi connectivity index (χ0v) is 11.1. The van der Waals surface area contributed by atoms with E-state index < -0.39 is 0 Å². The number of rotatable bonds is 4. The van der Waals surface area contributed by atoms with Gasteiger partial charge in [-0.2, -0.15) is 0 Å². The third-order valence-corrected chi connectivity index (χ3v) is 3.70. The van der Waals surface area contributed by atoms with E-state index in [2.05, 4.69) is 30.3 Å². The molecule has 1 saturated carbocycles. The van der Waals surface area contributed by atoms with Gasteiger partial charge in [0.2, 0.25) is 0 Å². The molecule has 0 heterocycles. The molecule has 1 fully saturated rings. The molecule has 0 aromatic heterocycles. The van der Waals surface area contributed by atoms with Gasteiger partial charge >= 0.3 is 5.97 Å².